The summed E-state index contributed by atoms with van der Waals surface area (Å²) < 4.78 is 18.7. The maximum Gasteiger partial charge on any atom is 0.269 e. The summed E-state index contributed by atoms with van der Waals surface area (Å²) in [5.41, 5.74) is 5.44. The van der Waals surface area contributed by atoms with E-state index in [4.69, 9.17) is 17.0 Å². The van der Waals surface area contributed by atoms with E-state index in [9.17, 15) is 14.0 Å². The molecule has 2 rings (SSSR count). The molecule has 0 saturated heterocycles. The van der Waals surface area contributed by atoms with E-state index >= 15 is 0 Å². The molecule has 2 amide bonds. The van der Waals surface area contributed by atoms with Crippen LogP contribution in [0, 0.1) is 9.39 Å². The first kappa shape index (κ1) is 19.1. The number of carbonyl (C=O) groups is 2. The highest BCUT2D eigenvalue weighted by Gasteiger charge is 2.11. The number of rotatable bonds is 3. The number of nitrogens with one attached hydrogen (secondary N) is 3. The zero-order valence-electron chi connectivity index (χ0n) is 12.9. The molecule has 0 atom stereocenters. The molecule has 0 aromatic heterocycles. The maximum absolute atomic E-state index is 12.8. The van der Waals surface area contributed by atoms with Gasteiger partial charge in [0, 0.05) is 11.1 Å². The van der Waals surface area contributed by atoms with E-state index in [1.54, 1.807) is 25.3 Å². The minimum atomic E-state index is -0.522. The highest BCUT2D eigenvalue weighted by Crippen LogP contribution is 2.21. The fourth-order valence-corrected chi connectivity index (χ4v) is 2.68. The third-order valence-electron chi connectivity index (χ3n) is 3.04. The Morgan fingerprint density at radius 2 is 1.68 bits per heavy atom. The molecule has 0 spiro atoms. The molecule has 0 aliphatic heterocycles. The number of methoxy groups -OCH3 is 1. The Kier molecular flexibility index (Phi) is 6.65. The second kappa shape index (κ2) is 8.72. The van der Waals surface area contributed by atoms with Crippen molar-refractivity contribution in [3.8, 4) is 5.75 Å². The van der Waals surface area contributed by atoms with Gasteiger partial charge in [0.05, 0.1) is 10.7 Å². The van der Waals surface area contributed by atoms with E-state index in [-0.39, 0.29) is 10.7 Å². The molecule has 0 aliphatic carbocycles. The van der Waals surface area contributed by atoms with Crippen LogP contribution in [0.3, 0.4) is 0 Å². The smallest absolute Gasteiger partial charge is 0.269 e. The SMILES string of the molecule is COc1ccc(C(=O)NNC(=S)NC(=O)c2ccc(F)cc2)cc1I. The van der Waals surface area contributed by atoms with E-state index in [1.165, 1.54) is 24.3 Å². The Balaban J connectivity index is 1.88. The minimum Gasteiger partial charge on any atom is -0.496 e. The number of amides is 2. The van der Waals surface area contributed by atoms with Crippen LogP contribution in [-0.4, -0.2) is 24.0 Å². The van der Waals surface area contributed by atoms with Gasteiger partial charge in [0.1, 0.15) is 11.6 Å². The van der Waals surface area contributed by atoms with E-state index in [2.05, 4.69) is 38.8 Å². The highest BCUT2D eigenvalue weighted by molar-refractivity contribution is 14.1. The number of ether oxygens (including phenoxy) is 1. The molecule has 130 valence electrons. The fraction of sp³-hybridized carbons (Fsp3) is 0.0625. The molecule has 2 aromatic carbocycles. The van der Waals surface area contributed by atoms with Gasteiger partial charge < -0.3 is 4.74 Å². The van der Waals surface area contributed by atoms with Crippen LogP contribution in [0.5, 0.6) is 5.75 Å². The van der Waals surface area contributed by atoms with Gasteiger partial charge in [-0.2, -0.15) is 0 Å². The summed E-state index contributed by atoms with van der Waals surface area (Å²) in [6.45, 7) is 0. The van der Waals surface area contributed by atoms with Gasteiger partial charge in [-0.15, -0.1) is 0 Å². The molecule has 0 heterocycles. The number of hydrogen-bond donors (Lipinski definition) is 3. The lowest BCUT2D eigenvalue weighted by Gasteiger charge is -2.11. The predicted molar refractivity (Wildman–Crippen MR) is 103 cm³/mol. The summed E-state index contributed by atoms with van der Waals surface area (Å²) in [7, 11) is 1.54. The lowest BCUT2D eigenvalue weighted by atomic mass is 10.2. The summed E-state index contributed by atoms with van der Waals surface area (Å²) in [6.07, 6.45) is 0. The van der Waals surface area contributed by atoms with Gasteiger partial charge in [0.15, 0.2) is 5.11 Å². The fourth-order valence-electron chi connectivity index (χ4n) is 1.80. The summed E-state index contributed by atoms with van der Waals surface area (Å²) in [5.74, 6) is -0.740. The van der Waals surface area contributed by atoms with Crippen LogP contribution in [0.2, 0.25) is 0 Å². The van der Waals surface area contributed by atoms with Crippen LogP contribution < -0.4 is 20.9 Å². The Morgan fingerprint density at radius 3 is 2.28 bits per heavy atom. The lowest BCUT2D eigenvalue weighted by Crippen LogP contribution is -2.48. The summed E-state index contributed by atoms with van der Waals surface area (Å²) in [6, 6.07) is 9.90. The Labute approximate surface area is 162 Å². The second-order valence-corrected chi connectivity index (χ2v) is 6.29. The van der Waals surface area contributed by atoms with E-state index in [0.29, 0.717) is 11.3 Å². The average molecular weight is 473 g/mol. The van der Waals surface area contributed by atoms with Crippen molar-refractivity contribution >= 4 is 51.7 Å². The highest BCUT2D eigenvalue weighted by atomic mass is 127. The van der Waals surface area contributed by atoms with Crippen molar-refractivity contribution in [2.45, 2.75) is 0 Å². The third kappa shape index (κ3) is 5.36. The zero-order chi connectivity index (χ0) is 18.4. The van der Waals surface area contributed by atoms with Crippen molar-refractivity contribution in [2.24, 2.45) is 0 Å². The van der Waals surface area contributed by atoms with Gasteiger partial charge in [-0.25, -0.2) is 4.39 Å². The zero-order valence-corrected chi connectivity index (χ0v) is 15.9. The monoisotopic (exact) mass is 473 g/mol. The van der Waals surface area contributed by atoms with Crippen molar-refractivity contribution in [1.29, 1.82) is 0 Å². The molecular weight excluding hydrogens is 460 g/mol. The van der Waals surface area contributed by atoms with Gasteiger partial charge in [-0.1, -0.05) is 0 Å². The van der Waals surface area contributed by atoms with Crippen LogP contribution in [0.1, 0.15) is 20.7 Å². The molecule has 25 heavy (non-hydrogen) atoms. The van der Waals surface area contributed by atoms with Crippen LogP contribution >= 0.6 is 34.8 Å². The van der Waals surface area contributed by atoms with Gasteiger partial charge in [-0.3, -0.25) is 25.8 Å². The molecule has 0 saturated carbocycles. The molecule has 0 unspecified atom stereocenters. The van der Waals surface area contributed by atoms with E-state index < -0.39 is 17.6 Å². The van der Waals surface area contributed by atoms with Gasteiger partial charge >= 0.3 is 0 Å². The molecule has 3 N–H and O–H groups in total. The van der Waals surface area contributed by atoms with Crippen molar-refractivity contribution in [2.75, 3.05) is 7.11 Å². The number of thiocarbonyl (C=S) groups is 1. The summed E-state index contributed by atoms with van der Waals surface area (Å²) >= 11 is 6.99. The normalized spacial score (nSPS) is 9.88. The Morgan fingerprint density at radius 1 is 1.04 bits per heavy atom. The molecule has 0 radical (unpaired) electrons. The van der Waals surface area contributed by atoms with E-state index in [0.717, 1.165) is 3.57 Å². The minimum absolute atomic E-state index is 0.0918. The van der Waals surface area contributed by atoms with E-state index in [1.807, 2.05) is 0 Å². The first-order chi connectivity index (χ1) is 11.9. The number of benzene rings is 2. The number of halogens is 2. The molecule has 2 aromatic rings. The second-order valence-electron chi connectivity index (χ2n) is 4.72. The topological polar surface area (TPSA) is 79.5 Å². The first-order valence-corrected chi connectivity index (χ1v) is 8.40. The number of carbonyl (C=O) groups excluding carboxylic acids is 2. The number of hydrogen-bond acceptors (Lipinski definition) is 4. The summed E-state index contributed by atoms with van der Waals surface area (Å²) in [4.78, 5) is 24.0. The van der Waals surface area contributed by atoms with Crippen molar-refractivity contribution in [1.82, 2.24) is 16.2 Å². The number of hydrazine groups is 1. The van der Waals surface area contributed by atoms with Crippen molar-refractivity contribution < 1.29 is 18.7 Å². The average Bonchev–Trinajstić information content (AvgIpc) is 2.60. The van der Waals surface area contributed by atoms with Crippen molar-refractivity contribution in [3.63, 3.8) is 0 Å². The molecule has 0 aliphatic rings. The van der Waals surface area contributed by atoms with Crippen LogP contribution in [0.15, 0.2) is 42.5 Å². The standard InChI is InChI=1S/C16H13FIN3O3S/c1-24-13-7-4-10(8-12(13)18)15(23)20-21-16(25)19-14(22)9-2-5-11(17)6-3-9/h2-8H,1H3,(H,20,23)(H2,19,21,22,25). The quantitative estimate of drug-likeness (QED) is 0.363. The largest absolute Gasteiger partial charge is 0.496 e. The van der Waals surface area contributed by atoms with Gasteiger partial charge in [0.25, 0.3) is 11.8 Å². The molecule has 0 fully saturated rings. The van der Waals surface area contributed by atoms with Crippen molar-refractivity contribution in [3.05, 3.63) is 63.0 Å². The third-order valence-corrected chi connectivity index (χ3v) is 4.08. The Hall–Kier alpha value is -2.27. The molecule has 9 heteroatoms. The van der Waals surface area contributed by atoms with Crippen LogP contribution in [0.4, 0.5) is 4.39 Å². The molecule has 6 nitrogen and oxygen atoms in total. The summed E-state index contributed by atoms with van der Waals surface area (Å²) in [5, 5.41) is 2.28. The molecule has 0 bridgehead atoms. The predicted octanol–water partition coefficient (Wildman–Crippen LogP) is 2.39. The van der Waals surface area contributed by atoms with Gasteiger partial charge in [-0.05, 0) is 77.3 Å². The first-order valence-electron chi connectivity index (χ1n) is 6.91. The Bertz CT molecular complexity index is 815. The van der Waals surface area contributed by atoms with Gasteiger partial charge in [0.2, 0.25) is 0 Å². The lowest BCUT2D eigenvalue weighted by molar-refractivity contribution is 0.0934. The van der Waals surface area contributed by atoms with Crippen LogP contribution in [0.25, 0.3) is 0 Å². The maximum atomic E-state index is 12.8. The van der Waals surface area contributed by atoms with Crippen LogP contribution in [-0.2, 0) is 0 Å². The molecular formula is C16H13FIN3O3S.